The molecular weight excluding hydrogens is 182 g/mol. The predicted octanol–water partition coefficient (Wildman–Crippen LogP) is 1.21. The summed E-state index contributed by atoms with van der Waals surface area (Å²) >= 11 is 0. The Morgan fingerprint density at radius 3 is 1.79 bits per heavy atom. The van der Waals surface area contributed by atoms with Gasteiger partial charge in [-0.3, -0.25) is 9.59 Å². The van der Waals surface area contributed by atoms with Gasteiger partial charge in [-0.05, 0) is 19.8 Å². The molecule has 0 heterocycles. The normalized spacial score (nSPS) is 13.1. The second-order valence-corrected chi connectivity index (χ2v) is 4.10. The highest BCUT2D eigenvalue weighted by Gasteiger charge is 2.32. The molecule has 0 aliphatic carbocycles. The van der Waals surface area contributed by atoms with Crippen LogP contribution in [0.25, 0.3) is 0 Å². The highest BCUT2D eigenvalue weighted by atomic mass is 16.4. The zero-order chi connectivity index (χ0) is 11.5. The Morgan fingerprint density at radius 2 is 1.57 bits per heavy atom. The van der Waals surface area contributed by atoms with Crippen LogP contribution in [0.4, 0.5) is 0 Å². The second kappa shape index (κ2) is 4.98. The Labute approximate surface area is 84.9 Å². The standard InChI is InChI=1S/C10H19NO3/c1-6(2)8(10(13)14)9(12)11(5)7(3)4/h6-8H,1-5H3,(H,13,14). The van der Waals surface area contributed by atoms with Crippen molar-refractivity contribution < 1.29 is 14.7 Å². The van der Waals surface area contributed by atoms with Gasteiger partial charge in [-0.25, -0.2) is 0 Å². The number of aliphatic carboxylic acids is 1. The van der Waals surface area contributed by atoms with Crippen molar-refractivity contribution in [2.45, 2.75) is 33.7 Å². The molecule has 1 atom stereocenters. The van der Waals surface area contributed by atoms with E-state index in [0.29, 0.717) is 0 Å². The molecule has 0 saturated heterocycles. The van der Waals surface area contributed by atoms with Crippen molar-refractivity contribution in [2.24, 2.45) is 11.8 Å². The van der Waals surface area contributed by atoms with Gasteiger partial charge in [0, 0.05) is 13.1 Å². The molecule has 1 amide bonds. The summed E-state index contributed by atoms with van der Waals surface area (Å²) in [6.45, 7) is 7.20. The third-order valence-corrected chi connectivity index (χ3v) is 2.32. The van der Waals surface area contributed by atoms with Crippen molar-refractivity contribution in [3.8, 4) is 0 Å². The van der Waals surface area contributed by atoms with Gasteiger partial charge in [0.15, 0.2) is 0 Å². The Kier molecular flexibility index (Phi) is 4.60. The minimum Gasteiger partial charge on any atom is -0.481 e. The quantitative estimate of drug-likeness (QED) is 0.695. The average molecular weight is 201 g/mol. The van der Waals surface area contributed by atoms with Gasteiger partial charge in [0.1, 0.15) is 5.92 Å². The highest BCUT2D eigenvalue weighted by Crippen LogP contribution is 2.15. The number of nitrogens with zero attached hydrogens (tertiary/aromatic N) is 1. The topological polar surface area (TPSA) is 57.6 Å². The zero-order valence-electron chi connectivity index (χ0n) is 9.44. The fourth-order valence-electron chi connectivity index (χ4n) is 1.15. The molecule has 0 spiro atoms. The Morgan fingerprint density at radius 1 is 1.14 bits per heavy atom. The molecule has 82 valence electrons. The summed E-state index contributed by atoms with van der Waals surface area (Å²) in [5.41, 5.74) is 0. The number of carboxylic acids is 1. The van der Waals surface area contributed by atoms with Crippen molar-refractivity contribution in [2.75, 3.05) is 7.05 Å². The molecule has 0 bridgehead atoms. The summed E-state index contributed by atoms with van der Waals surface area (Å²) in [7, 11) is 1.63. The van der Waals surface area contributed by atoms with Gasteiger partial charge in [-0.15, -0.1) is 0 Å². The number of carboxylic acid groups (broad SMARTS) is 1. The molecule has 0 aliphatic heterocycles. The van der Waals surface area contributed by atoms with Gasteiger partial charge in [-0.2, -0.15) is 0 Å². The lowest BCUT2D eigenvalue weighted by Crippen LogP contribution is -2.42. The van der Waals surface area contributed by atoms with E-state index < -0.39 is 11.9 Å². The first-order valence-corrected chi connectivity index (χ1v) is 4.78. The van der Waals surface area contributed by atoms with Gasteiger partial charge in [0.2, 0.25) is 5.91 Å². The lowest BCUT2D eigenvalue weighted by Gasteiger charge is -2.26. The first kappa shape index (κ1) is 12.9. The second-order valence-electron chi connectivity index (χ2n) is 4.10. The van der Waals surface area contributed by atoms with E-state index >= 15 is 0 Å². The van der Waals surface area contributed by atoms with Crippen LogP contribution >= 0.6 is 0 Å². The molecule has 0 rings (SSSR count). The molecule has 4 nitrogen and oxygen atoms in total. The summed E-state index contributed by atoms with van der Waals surface area (Å²) in [4.78, 5) is 24.0. The van der Waals surface area contributed by atoms with Crippen molar-refractivity contribution in [3.63, 3.8) is 0 Å². The fraction of sp³-hybridized carbons (Fsp3) is 0.800. The number of carbonyl (C=O) groups is 2. The van der Waals surface area contributed by atoms with E-state index in [1.165, 1.54) is 4.90 Å². The van der Waals surface area contributed by atoms with Crippen LogP contribution in [0.5, 0.6) is 0 Å². The Balaban J connectivity index is 4.69. The molecular formula is C10H19NO3. The third kappa shape index (κ3) is 3.01. The van der Waals surface area contributed by atoms with E-state index in [4.69, 9.17) is 5.11 Å². The van der Waals surface area contributed by atoms with Crippen molar-refractivity contribution in [1.29, 1.82) is 0 Å². The lowest BCUT2D eigenvalue weighted by molar-refractivity contribution is -0.153. The third-order valence-electron chi connectivity index (χ3n) is 2.32. The fourth-order valence-corrected chi connectivity index (χ4v) is 1.15. The van der Waals surface area contributed by atoms with E-state index in [1.54, 1.807) is 20.9 Å². The molecule has 1 unspecified atom stereocenters. The average Bonchev–Trinajstić information content (AvgIpc) is 2.01. The highest BCUT2D eigenvalue weighted by molar-refractivity contribution is 5.97. The summed E-state index contributed by atoms with van der Waals surface area (Å²) in [6.07, 6.45) is 0. The molecule has 4 heteroatoms. The molecule has 0 fully saturated rings. The number of hydrogen-bond donors (Lipinski definition) is 1. The van der Waals surface area contributed by atoms with Crippen molar-refractivity contribution >= 4 is 11.9 Å². The van der Waals surface area contributed by atoms with E-state index in [2.05, 4.69) is 0 Å². The molecule has 0 radical (unpaired) electrons. The SMILES string of the molecule is CC(C)C(C(=O)O)C(=O)N(C)C(C)C. The lowest BCUT2D eigenvalue weighted by atomic mass is 9.94. The number of rotatable bonds is 4. The van der Waals surface area contributed by atoms with Crippen LogP contribution in [0.2, 0.25) is 0 Å². The van der Waals surface area contributed by atoms with Crippen LogP contribution in [-0.4, -0.2) is 35.0 Å². The van der Waals surface area contributed by atoms with Crippen molar-refractivity contribution in [1.82, 2.24) is 4.90 Å². The minimum atomic E-state index is -1.04. The predicted molar refractivity (Wildman–Crippen MR) is 53.9 cm³/mol. The van der Waals surface area contributed by atoms with Gasteiger partial charge in [0.25, 0.3) is 0 Å². The summed E-state index contributed by atoms with van der Waals surface area (Å²) < 4.78 is 0. The Hall–Kier alpha value is -1.06. The summed E-state index contributed by atoms with van der Waals surface area (Å²) in [5.74, 6) is -2.47. The van der Waals surface area contributed by atoms with Crippen LogP contribution in [0, 0.1) is 11.8 Å². The number of amides is 1. The minimum absolute atomic E-state index is 0.0306. The first-order valence-electron chi connectivity index (χ1n) is 4.78. The number of carbonyl (C=O) groups excluding carboxylic acids is 1. The van der Waals surface area contributed by atoms with Crippen LogP contribution in [0.1, 0.15) is 27.7 Å². The maximum absolute atomic E-state index is 11.7. The van der Waals surface area contributed by atoms with Gasteiger partial charge in [-0.1, -0.05) is 13.8 Å². The molecule has 14 heavy (non-hydrogen) atoms. The zero-order valence-corrected chi connectivity index (χ0v) is 9.44. The maximum atomic E-state index is 11.7. The van der Waals surface area contributed by atoms with E-state index in [-0.39, 0.29) is 17.9 Å². The van der Waals surface area contributed by atoms with Gasteiger partial charge < -0.3 is 10.0 Å². The van der Waals surface area contributed by atoms with Crippen LogP contribution < -0.4 is 0 Å². The van der Waals surface area contributed by atoms with E-state index in [1.807, 2.05) is 13.8 Å². The molecule has 0 aromatic rings. The summed E-state index contributed by atoms with van der Waals surface area (Å²) in [6, 6.07) is 0.0306. The molecule has 0 aromatic carbocycles. The van der Waals surface area contributed by atoms with E-state index in [0.717, 1.165) is 0 Å². The molecule has 0 aliphatic rings. The van der Waals surface area contributed by atoms with Crippen LogP contribution in [-0.2, 0) is 9.59 Å². The number of hydrogen-bond acceptors (Lipinski definition) is 2. The van der Waals surface area contributed by atoms with Crippen LogP contribution in [0.3, 0.4) is 0 Å². The first-order chi connectivity index (χ1) is 6.29. The Bertz CT molecular complexity index is 223. The van der Waals surface area contributed by atoms with Crippen LogP contribution in [0.15, 0.2) is 0 Å². The van der Waals surface area contributed by atoms with Gasteiger partial charge >= 0.3 is 5.97 Å². The van der Waals surface area contributed by atoms with E-state index in [9.17, 15) is 9.59 Å². The smallest absolute Gasteiger partial charge is 0.316 e. The molecule has 1 N–H and O–H groups in total. The molecule has 0 saturated carbocycles. The molecule has 0 aromatic heterocycles. The summed E-state index contributed by atoms with van der Waals surface area (Å²) in [5, 5.41) is 8.90. The van der Waals surface area contributed by atoms with Crippen molar-refractivity contribution in [3.05, 3.63) is 0 Å². The van der Waals surface area contributed by atoms with Gasteiger partial charge in [0.05, 0.1) is 0 Å². The maximum Gasteiger partial charge on any atom is 0.316 e. The largest absolute Gasteiger partial charge is 0.481 e. The monoisotopic (exact) mass is 201 g/mol.